The lowest BCUT2D eigenvalue weighted by molar-refractivity contribution is 0.335. The predicted octanol–water partition coefficient (Wildman–Crippen LogP) is 3.34. The van der Waals surface area contributed by atoms with Crippen LogP contribution in [0.4, 0.5) is 0 Å². The van der Waals surface area contributed by atoms with E-state index in [1.165, 1.54) is 0 Å². The van der Waals surface area contributed by atoms with E-state index in [-0.39, 0.29) is 0 Å². The monoisotopic (exact) mass is 242 g/mol. The van der Waals surface area contributed by atoms with Gasteiger partial charge in [-0.1, -0.05) is 35.3 Å². The summed E-state index contributed by atoms with van der Waals surface area (Å²) in [5.41, 5.74) is 0.990. The topological polar surface area (TPSA) is 27.0 Å². The molecule has 4 heteroatoms. The van der Waals surface area contributed by atoms with E-state index >= 15 is 0 Å². The molecule has 1 aromatic rings. The molecule has 1 rings (SSSR count). The summed E-state index contributed by atoms with van der Waals surface area (Å²) in [5.74, 6) is 0. The first-order chi connectivity index (χ1) is 7.15. The minimum Gasteiger partial charge on any atom is -0.301 e. The van der Waals surface area contributed by atoms with Crippen LogP contribution in [0, 0.1) is 11.3 Å². The average molecular weight is 243 g/mol. The molecule has 80 valence electrons. The lowest BCUT2D eigenvalue weighted by Crippen LogP contribution is -2.18. The number of nitrogens with zero attached hydrogens (tertiary/aromatic N) is 2. The third-order valence-electron chi connectivity index (χ3n) is 2.08. The second-order valence-electron chi connectivity index (χ2n) is 3.36. The van der Waals surface area contributed by atoms with Gasteiger partial charge in [0.1, 0.15) is 0 Å². The van der Waals surface area contributed by atoms with Crippen LogP contribution >= 0.6 is 23.2 Å². The Labute approximate surface area is 100 Å². The molecule has 2 nitrogen and oxygen atoms in total. The minimum atomic E-state index is 0.523. The van der Waals surface area contributed by atoms with Crippen LogP contribution in [0.3, 0.4) is 0 Å². The van der Waals surface area contributed by atoms with E-state index < -0.39 is 0 Å². The van der Waals surface area contributed by atoms with Gasteiger partial charge < -0.3 is 4.90 Å². The van der Waals surface area contributed by atoms with Gasteiger partial charge in [-0.3, -0.25) is 0 Å². The summed E-state index contributed by atoms with van der Waals surface area (Å²) >= 11 is 11.9. The quantitative estimate of drug-likeness (QED) is 0.810. The Balaban J connectivity index is 2.65. The van der Waals surface area contributed by atoms with Crippen LogP contribution in [-0.4, -0.2) is 18.5 Å². The van der Waals surface area contributed by atoms with Crippen molar-refractivity contribution in [2.24, 2.45) is 0 Å². The smallest absolute Gasteiger partial charge is 0.0637 e. The highest BCUT2D eigenvalue weighted by atomic mass is 35.5. The molecule has 0 bridgehead atoms. The zero-order valence-electron chi connectivity index (χ0n) is 8.50. The fourth-order valence-corrected chi connectivity index (χ4v) is 1.66. The standard InChI is InChI=1S/C11H12Cl2N2/c1-15(7-3-6-14)8-9-4-2-5-10(12)11(9)13/h2,4-5H,3,7-8H2,1H3. The summed E-state index contributed by atoms with van der Waals surface area (Å²) in [5, 5.41) is 9.63. The molecule has 0 unspecified atom stereocenters. The second kappa shape index (κ2) is 5.97. The van der Waals surface area contributed by atoms with Crippen molar-refractivity contribution >= 4 is 23.2 Å². The Bertz CT molecular complexity index is 371. The van der Waals surface area contributed by atoms with Crippen LogP contribution in [0.2, 0.25) is 10.0 Å². The lowest BCUT2D eigenvalue weighted by atomic mass is 10.2. The average Bonchev–Trinajstić information content (AvgIpc) is 2.22. The van der Waals surface area contributed by atoms with Crippen molar-refractivity contribution in [2.45, 2.75) is 13.0 Å². The molecule has 0 aliphatic rings. The predicted molar refractivity (Wildman–Crippen MR) is 63.0 cm³/mol. The van der Waals surface area contributed by atoms with Gasteiger partial charge in [0.25, 0.3) is 0 Å². The number of halogens is 2. The molecular weight excluding hydrogens is 231 g/mol. The van der Waals surface area contributed by atoms with Crippen molar-refractivity contribution in [3.8, 4) is 6.07 Å². The van der Waals surface area contributed by atoms with Crippen LogP contribution < -0.4 is 0 Å². The van der Waals surface area contributed by atoms with Crippen molar-refractivity contribution in [3.63, 3.8) is 0 Å². The highest BCUT2D eigenvalue weighted by molar-refractivity contribution is 6.42. The summed E-state index contributed by atoms with van der Waals surface area (Å²) in [6.45, 7) is 1.44. The molecule has 0 radical (unpaired) electrons. The Morgan fingerprint density at radius 3 is 2.80 bits per heavy atom. The fraction of sp³-hybridized carbons (Fsp3) is 0.364. The van der Waals surface area contributed by atoms with E-state index in [9.17, 15) is 0 Å². The third kappa shape index (κ3) is 3.71. The van der Waals surface area contributed by atoms with Crippen LogP contribution in [0.5, 0.6) is 0 Å². The molecule has 0 fully saturated rings. The zero-order chi connectivity index (χ0) is 11.3. The summed E-state index contributed by atoms with van der Waals surface area (Å²) in [6, 6.07) is 7.69. The molecule has 0 saturated carbocycles. The molecule has 0 saturated heterocycles. The Morgan fingerprint density at radius 1 is 1.40 bits per heavy atom. The number of rotatable bonds is 4. The van der Waals surface area contributed by atoms with Crippen molar-refractivity contribution in [3.05, 3.63) is 33.8 Å². The highest BCUT2D eigenvalue weighted by Crippen LogP contribution is 2.26. The van der Waals surface area contributed by atoms with Gasteiger partial charge >= 0.3 is 0 Å². The Kier molecular flexibility index (Phi) is 4.90. The molecule has 0 aliphatic carbocycles. The number of nitriles is 1. The maximum atomic E-state index is 8.46. The molecule has 0 amide bonds. The summed E-state index contributed by atoms with van der Waals surface area (Å²) in [6.07, 6.45) is 0.523. The first-order valence-corrected chi connectivity index (χ1v) is 5.39. The molecule has 15 heavy (non-hydrogen) atoms. The second-order valence-corrected chi connectivity index (χ2v) is 4.14. The summed E-state index contributed by atoms with van der Waals surface area (Å²) in [4.78, 5) is 2.04. The SMILES string of the molecule is CN(CCC#N)Cc1cccc(Cl)c1Cl. The van der Waals surface area contributed by atoms with Crippen LogP contribution in [0.25, 0.3) is 0 Å². The lowest BCUT2D eigenvalue weighted by Gasteiger charge is -2.16. The third-order valence-corrected chi connectivity index (χ3v) is 2.94. The Morgan fingerprint density at radius 2 is 2.13 bits per heavy atom. The van der Waals surface area contributed by atoms with Gasteiger partial charge in [0.2, 0.25) is 0 Å². The van der Waals surface area contributed by atoms with Gasteiger partial charge in [-0.25, -0.2) is 0 Å². The van der Waals surface area contributed by atoms with Crippen molar-refractivity contribution in [1.29, 1.82) is 5.26 Å². The van der Waals surface area contributed by atoms with Gasteiger partial charge in [-0.15, -0.1) is 0 Å². The van der Waals surface area contributed by atoms with Gasteiger partial charge in [0.15, 0.2) is 0 Å². The number of hydrogen-bond donors (Lipinski definition) is 0. The van der Waals surface area contributed by atoms with Gasteiger partial charge in [-0.2, -0.15) is 5.26 Å². The van der Waals surface area contributed by atoms with Crippen LogP contribution in [0.15, 0.2) is 18.2 Å². The van der Waals surface area contributed by atoms with Crippen molar-refractivity contribution in [2.75, 3.05) is 13.6 Å². The van der Waals surface area contributed by atoms with E-state index in [1.54, 1.807) is 6.07 Å². The first-order valence-electron chi connectivity index (χ1n) is 4.63. The fourth-order valence-electron chi connectivity index (χ4n) is 1.28. The van der Waals surface area contributed by atoms with Crippen LogP contribution in [-0.2, 0) is 6.54 Å². The van der Waals surface area contributed by atoms with Gasteiger partial charge in [0.05, 0.1) is 16.1 Å². The molecule has 0 spiro atoms. The molecule has 0 heterocycles. The van der Waals surface area contributed by atoms with E-state index in [1.807, 2.05) is 24.1 Å². The maximum Gasteiger partial charge on any atom is 0.0637 e. The summed E-state index contributed by atoms with van der Waals surface area (Å²) in [7, 11) is 1.95. The van der Waals surface area contributed by atoms with E-state index in [0.29, 0.717) is 23.0 Å². The molecule has 1 aromatic carbocycles. The van der Waals surface area contributed by atoms with E-state index in [4.69, 9.17) is 28.5 Å². The van der Waals surface area contributed by atoms with Crippen molar-refractivity contribution < 1.29 is 0 Å². The number of hydrogen-bond acceptors (Lipinski definition) is 2. The largest absolute Gasteiger partial charge is 0.301 e. The normalized spacial score (nSPS) is 10.3. The molecular formula is C11H12Cl2N2. The zero-order valence-corrected chi connectivity index (χ0v) is 10.0. The first kappa shape index (κ1) is 12.3. The van der Waals surface area contributed by atoms with E-state index in [0.717, 1.165) is 12.1 Å². The van der Waals surface area contributed by atoms with Crippen molar-refractivity contribution in [1.82, 2.24) is 4.90 Å². The summed E-state index contributed by atoms with van der Waals surface area (Å²) < 4.78 is 0. The molecule has 0 N–H and O–H groups in total. The number of benzene rings is 1. The highest BCUT2D eigenvalue weighted by Gasteiger charge is 2.06. The maximum absolute atomic E-state index is 8.46. The molecule has 0 aromatic heterocycles. The van der Waals surface area contributed by atoms with Gasteiger partial charge in [-0.05, 0) is 18.7 Å². The molecule has 0 atom stereocenters. The minimum absolute atomic E-state index is 0.523. The van der Waals surface area contributed by atoms with Gasteiger partial charge in [0, 0.05) is 19.5 Å². The Hall–Kier alpha value is -0.750. The van der Waals surface area contributed by atoms with E-state index in [2.05, 4.69) is 6.07 Å². The van der Waals surface area contributed by atoms with Crippen LogP contribution in [0.1, 0.15) is 12.0 Å². The molecule has 0 aliphatic heterocycles.